The number of pyridine rings is 1. The fourth-order valence-electron chi connectivity index (χ4n) is 5.55. The number of carbonyl (C=O) groups excluding carboxylic acids is 2. The second-order valence-corrected chi connectivity index (χ2v) is 8.69. The summed E-state index contributed by atoms with van der Waals surface area (Å²) in [5.74, 6) is -1.65. The molecule has 3 fully saturated rings. The molecule has 4 atom stereocenters. The van der Waals surface area contributed by atoms with Gasteiger partial charge in [-0.05, 0) is 45.4 Å². The van der Waals surface area contributed by atoms with Crippen molar-refractivity contribution < 1.29 is 18.5 Å². The predicted molar refractivity (Wildman–Crippen MR) is 113 cm³/mol. The molecule has 0 spiro atoms. The summed E-state index contributed by atoms with van der Waals surface area (Å²) in [5, 5.41) is 10.0. The monoisotopic (exact) mass is 422 g/mol. The van der Waals surface area contributed by atoms with Crippen LogP contribution in [-0.4, -0.2) is 43.0 Å². The smallest absolute Gasteiger partial charge is 0.240 e. The van der Waals surface area contributed by atoms with Crippen molar-refractivity contribution in [2.24, 2.45) is 11.8 Å². The van der Waals surface area contributed by atoms with Crippen LogP contribution < -0.4 is 4.90 Å². The molecule has 1 radical (unpaired) electrons. The first-order chi connectivity index (χ1) is 15.0. The number of aromatic nitrogens is 1. The molecular weight excluding hydrogens is 401 g/mol. The number of hydrogen-bond acceptors (Lipinski definition) is 7. The van der Waals surface area contributed by atoms with Crippen LogP contribution in [0.15, 0.2) is 30.5 Å². The number of ether oxygens (including phenoxy) is 1. The Morgan fingerprint density at radius 2 is 2.23 bits per heavy atom. The highest BCUT2D eigenvalue weighted by atomic mass is 32.2. The first kappa shape index (κ1) is 18.4. The van der Waals surface area contributed by atoms with E-state index < -0.39 is 23.0 Å². The number of nitriles is 1. The highest BCUT2D eigenvalue weighted by Gasteiger charge is 2.73. The van der Waals surface area contributed by atoms with Crippen molar-refractivity contribution in [2.75, 3.05) is 11.5 Å². The van der Waals surface area contributed by atoms with Gasteiger partial charge in [-0.1, -0.05) is 11.9 Å². The molecule has 2 unspecified atom stereocenters. The third-order valence-electron chi connectivity index (χ3n) is 6.80. The number of benzene rings is 1. The van der Waals surface area contributed by atoms with Crippen LogP contribution in [0, 0.1) is 23.2 Å². The SMILES string of the molecule is [3H][B]SOCCC12CCC(C)(O1)[C@@H]1C(=O)N(c3ccc(C#N)c4ncccc34)C(=O)[C@@H]12. The molecule has 30 heavy (non-hydrogen) atoms. The van der Waals surface area contributed by atoms with E-state index in [4.69, 9.17) is 10.3 Å². The molecule has 151 valence electrons. The molecule has 9 heteroatoms. The normalized spacial score (nSPS) is 32.4. The number of nitrogens with zero attached hydrogens (tertiary/aromatic N) is 3. The average Bonchev–Trinajstić information content (AvgIpc) is 3.35. The van der Waals surface area contributed by atoms with Crippen molar-refractivity contribution in [3.8, 4) is 6.07 Å². The van der Waals surface area contributed by atoms with Crippen LogP contribution in [0.25, 0.3) is 10.9 Å². The molecule has 1 aromatic heterocycles. The fourth-order valence-corrected chi connectivity index (χ4v) is 5.73. The second-order valence-electron chi connectivity index (χ2n) is 8.26. The van der Waals surface area contributed by atoms with Crippen LogP contribution in [-0.2, 0) is 18.5 Å². The van der Waals surface area contributed by atoms with Gasteiger partial charge in [0.25, 0.3) is 0 Å². The van der Waals surface area contributed by atoms with Crippen molar-refractivity contribution in [3.05, 3.63) is 36.0 Å². The van der Waals surface area contributed by atoms with Gasteiger partial charge in [0, 0.05) is 18.0 Å². The molecule has 2 bridgehead atoms. The first-order valence-electron chi connectivity index (χ1n) is 10.4. The van der Waals surface area contributed by atoms with Crippen LogP contribution in [0.2, 0.25) is 0 Å². The minimum Gasteiger partial charge on any atom is -0.367 e. The summed E-state index contributed by atoms with van der Waals surface area (Å²) in [6.07, 6.45) is 3.46. The van der Waals surface area contributed by atoms with E-state index in [0.717, 1.165) is 19.0 Å². The number of imide groups is 1. The maximum absolute atomic E-state index is 13.7. The lowest BCUT2D eigenvalue weighted by Gasteiger charge is -2.31. The Labute approximate surface area is 180 Å². The van der Waals surface area contributed by atoms with E-state index >= 15 is 0 Å². The van der Waals surface area contributed by atoms with Gasteiger partial charge in [0.15, 0.2) is 0 Å². The summed E-state index contributed by atoms with van der Waals surface area (Å²) in [6, 6.07) is 8.88. The quantitative estimate of drug-likeness (QED) is 0.306. The lowest BCUT2D eigenvalue weighted by Crippen LogP contribution is -2.42. The number of anilines is 1. The molecular formula is C21H19BN3O4S. The number of rotatable bonds is 6. The van der Waals surface area contributed by atoms with E-state index in [0.29, 0.717) is 48.0 Å². The standard InChI is InChI=1S/C21H19BN3O4S/c1-20-6-7-21(29-20,8-10-28-30-22)16-15(20)18(26)25(19(16)27)14-5-4-12(11-23)17-13(14)3-2-9-24-17/h2-5,9,15-16,22H,6-8,10H2,1H3/t15-,16+,20?,21?/m0/s1/i22T. The summed E-state index contributed by atoms with van der Waals surface area (Å²) in [6.45, 7) is 2.24. The molecule has 4 heterocycles. The molecule has 3 saturated heterocycles. The number of hydrogen-bond donors (Lipinski definition) is 0. The Kier molecular flexibility index (Phi) is 4.17. The molecule has 5 rings (SSSR count). The first-order valence-corrected chi connectivity index (χ1v) is 10.6. The molecule has 3 aliphatic rings. The minimum atomic E-state index is -0.746. The van der Waals surface area contributed by atoms with Crippen LogP contribution in [0.3, 0.4) is 0 Å². The summed E-state index contributed by atoms with van der Waals surface area (Å²) >= 11 is 0.933. The Morgan fingerprint density at radius 3 is 3.03 bits per heavy atom. The van der Waals surface area contributed by atoms with Gasteiger partial charge in [0.1, 0.15) is 6.07 Å². The van der Waals surface area contributed by atoms with Gasteiger partial charge in [-0.15, -0.1) is 0 Å². The maximum atomic E-state index is 13.7. The van der Waals surface area contributed by atoms with Gasteiger partial charge in [-0.3, -0.25) is 14.6 Å². The molecule has 0 N–H and O–H groups in total. The summed E-state index contributed by atoms with van der Waals surface area (Å²) in [5.41, 5.74) is -0.116. The molecule has 3 aliphatic heterocycles. The van der Waals surface area contributed by atoms with Crippen molar-refractivity contribution >= 4 is 47.4 Å². The Balaban J connectivity index is 1.55. The largest absolute Gasteiger partial charge is 0.367 e. The van der Waals surface area contributed by atoms with E-state index in [1.807, 2.05) is 6.92 Å². The van der Waals surface area contributed by atoms with E-state index in [1.54, 1.807) is 30.5 Å². The molecule has 2 amide bonds. The van der Waals surface area contributed by atoms with Gasteiger partial charge in [-0.25, -0.2) is 4.90 Å². The fraction of sp³-hybridized carbons (Fsp3) is 0.429. The lowest BCUT2D eigenvalue weighted by molar-refractivity contribution is -0.131. The zero-order chi connectivity index (χ0) is 21.8. The minimum absolute atomic E-state index is 0.260. The van der Waals surface area contributed by atoms with Gasteiger partial charge in [-0.2, -0.15) is 5.26 Å². The third kappa shape index (κ3) is 2.51. The highest BCUT2D eigenvalue weighted by molar-refractivity contribution is 8.15. The van der Waals surface area contributed by atoms with Crippen LogP contribution in [0.5, 0.6) is 0 Å². The maximum Gasteiger partial charge on any atom is 0.240 e. The Bertz CT molecular complexity index is 1140. The van der Waals surface area contributed by atoms with Crippen molar-refractivity contribution in [1.29, 1.82) is 6.60 Å². The Hall–Kier alpha value is -2.41. The highest BCUT2D eigenvalue weighted by Crippen LogP contribution is 2.62. The second kappa shape index (κ2) is 6.81. The van der Waals surface area contributed by atoms with Gasteiger partial charge < -0.3 is 8.92 Å². The van der Waals surface area contributed by atoms with Gasteiger partial charge in [0.05, 0.1) is 46.4 Å². The molecule has 7 nitrogen and oxygen atoms in total. The van der Waals surface area contributed by atoms with Crippen molar-refractivity contribution in [3.63, 3.8) is 0 Å². The van der Waals surface area contributed by atoms with Crippen molar-refractivity contribution in [2.45, 2.75) is 37.4 Å². The average molecular weight is 422 g/mol. The van der Waals surface area contributed by atoms with E-state index in [9.17, 15) is 14.9 Å². The lowest BCUT2D eigenvalue weighted by atomic mass is 9.67. The summed E-state index contributed by atoms with van der Waals surface area (Å²) < 4.78 is 18.8. The van der Waals surface area contributed by atoms with Gasteiger partial charge >= 0.3 is 0 Å². The van der Waals surface area contributed by atoms with E-state index in [2.05, 4.69) is 11.1 Å². The summed E-state index contributed by atoms with van der Waals surface area (Å²) in [4.78, 5) is 32.8. The van der Waals surface area contributed by atoms with Gasteiger partial charge in [0.2, 0.25) is 18.9 Å². The molecule has 0 saturated carbocycles. The molecule has 2 aromatic rings. The molecule has 1 aromatic carbocycles. The van der Waals surface area contributed by atoms with Crippen LogP contribution >= 0.6 is 11.9 Å². The zero-order valence-corrected chi connectivity index (χ0v) is 17.1. The topological polar surface area (TPSA) is 92.5 Å². The van der Waals surface area contributed by atoms with Crippen LogP contribution in [0.1, 0.15) is 31.7 Å². The zero-order valence-electron chi connectivity index (χ0n) is 17.3. The predicted octanol–water partition coefficient (Wildman–Crippen LogP) is 2.40. The van der Waals surface area contributed by atoms with E-state index in [1.165, 1.54) is 4.90 Å². The number of carbonyl (C=O) groups is 2. The number of fused-ring (bicyclic) bond motifs is 6. The molecule has 0 aliphatic carbocycles. The third-order valence-corrected chi connectivity index (χ3v) is 7.10. The number of amides is 2. The van der Waals surface area contributed by atoms with Crippen LogP contribution in [0.4, 0.5) is 5.69 Å². The van der Waals surface area contributed by atoms with E-state index in [-0.39, 0.29) is 11.8 Å². The summed E-state index contributed by atoms with van der Waals surface area (Å²) in [7, 11) is 1.10. The van der Waals surface area contributed by atoms with Crippen molar-refractivity contribution in [1.82, 2.24) is 4.98 Å². The Morgan fingerprint density at radius 1 is 1.40 bits per heavy atom.